The molecule has 0 aromatic rings. The summed E-state index contributed by atoms with van der Waals surface area (Å²) in [4.78, 5) is 11.3. The summed E-state index contributed by atoms with van der Waals surface area (Å²) in [6.45, 7) is 13.4. The summed E-state index contributed by atoms with van der Waals surface area (Å²) < 4.78 is 17.2. The van der Waals surface area contributed by atoms with Gasteiger partial charge in [-0.05, 0) is 38.3 Å². The molecule has 20 heavy (non-hydrogen) atoms. The molecule has 0 spiro atoms. The molecule has 0 saturated heterocycles. The van der Waals surface area contributed by atoms with E-state index in [1.165, 1.54) is 0 Å². The number of carbonyl (C=O) groups is 1. The third kappa shape index (κ3) is 7.82. The van der Waals surface area contributed by atoms with Gasteiger partial charge in [-0.2, -0.15) is 0 Å². The fourth-order valence-electron chi connectivity index (χ4n) is 1.77. The number of rotatable bonds is 12. The van der Waals surface area contributed by atoms with E-state index in [0.717, 1.165) is 44.6 Å². The second kappa shape index (κ2) is 11.1. The molecule has 0 rings (SSSR count). The van der Waals surface area contributed by atoms with Crippen LogP contribution in [-0.4, -0.2) is 34.4 Å². The lowest BCUT2D eigenvalue weighted by Gasteiger charge is -2.29. The van der Waals surface area contributed by atoms with E-state index in [1.54, 1.807) is 6.92 Å². The van der Waals surface area contributed by atoms with Crippen molar-refractivity contribution in [3.05, 3.63) is 12.2 Å². The first-order chi connectivity index (χ1) is 9.51. The highest BCUT2D eigenvalue weighted by Crippen LogP contribution is 2.21. The van der Waals surface area contributed by atoms with E-state index in [1.807, 2.05) is 0 Å². The molecule has 0 bridgehead atoms. The molecule has 0 radical (unpaired) electrons. The second-order valence-corrected chi connectivity index (χ2v) is 8.59. The maximum Gasteiger partial charge on any atom is 0.337 e. The summed E-state index contributed by atoms with van der Waals surface area (Å²) in [6, 6.07) is 1.80. The molecule has 0 N–H and O–H groups in total. The fraction of sp³-hybridized carbons (Fsp3) is 0.800. The topological polar surface area (TPSA) is 44.8 Å². The predicted molar refractivity (Wildman–Crippen MR) is 83.9 cm³/mol. The van der Waals surface area contributed by atoms with Crippen LogP contribution in [0.15, 0.2) is 12.2 Å². The molecular weight excluding hydrogens is 272 g/mol. The minimum absolute atomic E-state index is 0.322. The standard InChI is InChI=1S/C15H30O4Si/c1-6-10-18-20(8-3,19-11-7-2)13-9-12-17-15(16)14(4)5/h4,6-13H2,1-3,5H3. The van der Waals surface area contributed by atoms with Crippen molar-refractivity contribution in [2.45, 2.75) is 59.0 Å². The quantitative estimate of drug-likeness (QED) is 0.238. The minimum atomic E-state index is -2.12. The van der Waals surface area contributed by atoms with Crippen LogP contribution in [0.1, 0.15) is 47.0 Å². The third-order valence-electron chi connectivity index (χ3n) is 2.96. The van der Waals surface area contributed by atoms with Crippen LogP contribution in [0.2, 0.25) is 12.1 Å². The van der Waals surface area contributed by atoms with Crippen LogP contribution >= 0.6 is 0 Å². The van der Waals surface area contributed by atoms with Gasteiger partial charge in [-0.25, -0.2) is 4.79 Å². The van der Waals surface area contributed by atoms with Gasteiger partial charge in [0.15, 0.2) is 0 Å². The molecule has 0 atom stereocenters. The largest absolute Gasteiger partial charge is 0.462 e. The van der Waals surface area contributed by atoms with Crippen LogP contribution in [0, 0.1) is 0 Å². The molecule has 0 saturated carbocycles. The highest BCUT2D eigenvalue weighted by Gasteiger charge is 2.34. The zero-order chi connectivity index (χ0) is 15.4. The first kappa shape index (κ1) is 19.3. The summed E-state index contributed by atoms with van der Waals surface area (Å²) in [7, 11) is -2.12. The van der Waals surface area contributed by atoms with Gasteiger partial charge in [0.05, 0.1) is 6.61 Å². The van der Waals surface area contributed by atoms with E-state index >= 15 is 0 Å². The molecule has 0 aliphatic carbocycles. The van der Waals surface area contributed by atoms with E-state index in [0.29, 0.717) is 12.2 Å². The van der Waals surface area contributed by atoms with Gasteiger partial charge in [0.25, 0.3) is 0 Å². The lowest BCUT2D eigenvalue weighted by molar-refractivity contribution is -0.138. The van der Waals surface area contributed by atoms with Gasteiger partial charge in [-0.15, -0.1) is 0 Å². The van der Waals surface area contributed by atoms with Gasteiger partial charge in [0, 0.05) is 18.8 Å². The monoisotopic (exact) mass is 302 g/mol. The molecule has 0 aromatic heterocycles. The highest BCUT2D eigenvalue weighted by molar-refractivity contribution is 6.67. The Kier molecular flexibility index (Phi) is 10.7. The Bertz CT molecular complexity index is 284. The Morgan fingerprint density at radius 2 is 1.60 bits per heavy atom. The smallest absolute Gasteiger partial charge is 0.337 e. The predicted octanol–water partition coefficient (Wildman–Crippen LogP) is 3.81. The molecule has 0 fully saturated rings. The van der Waals surface area contributed by atoms with Crippen LogP contribution < -0.4 is 0 Å². The normalized spacial score (nSPS) is 11.4. The van der Waals surface area contributed by atoms with E-state index in [-0.39, 0.29) is 5.97 Å². The number of hydrogen-bond donors (Lipinski definition) is 0. The Morgan fingerprint density at radius 3 is 2.00 bits per heavy atom. The van der Waals surface area contributed by atoms with Crippen molar-refractivity contribution in [3.8, 4) is 0 Å². The van der Waals surface area contributed by atoms with Crippen LogP contribution in [0.4, 0.5) is 0 Å². The second-order valence-electron chi connectivity index (χ2n) is 4.98. The maximum atomic E-state index is 11.3. The molecule has 5 heteroatoms. The van der Waals surface area contributed by atoms with Crippen molar-refractivity contribution in [2.75, 3.05) is 19.8 Å². The highest BCUT2D eigenvalue weighted by atomic mass is 28.4. The third-order valence-corrected chi connectivity index (χ3v) is 6.61. The van der Waals surface area contributed by atoms with Crippen molar-refractivity contribution in [1.29, 1.82) is 0 Å². The van der Waals surface area contributed by atoms with Crippen molar-refractivity contribution in [1.82, 2.24) is 0 Å². The van der Waals surface area contributed by atoms with E-state index in [2.05, 4.69) is 27.4 Å². The van der Waals surface area contributed by atoms with Crippen molar-refractivity contribution in [2.24, 2.45) is 0 Å². The van der Waals surface area contributed by atoms with Crippen molar-refractivity contribution < 1.29 is 18.4 Å². The van der Waals surface area contributed by atoms with E-state index < -0.39 is 8.56 Å². The van der Waals surface area contributed by atoms with Gasteiger partial charge >= 0.3 is 14.5 Å². The average Bonchev–Trinajstić information content (AvgIpc) is 2.45. The number of ether oxygens (including phenoxy) is 1. The van der Waals surface area contributed by atoms with E-state index in [9.17, 15) is 4.79 Å². The first-order valence-electron chi connectivity index (χ1n) is 7.61. The van der Waals surface area contributed by atoms with Crippen molar-refractivity contribution >= 4 is 14.5 Å². The summed E-state index contributed by atoms with van der Waals surface area (Å²) in [5.74, 6) is -0.322. The van der Waals surface area contributed by atoms with Gasteiger partial charge in [-0.1, -0.05) is 27.4 Å². The molecule has 0 amide bonds. The number of hydrogen-bond acceptors (Lipinski definition) is 4. The van der Waals surface area contributed by atoms with Gasteiger partial charge in [-0.3, -0.25) is 0 Å². The lowest BCUT2D eigenvalue weighted by Crippen LogP contribution is -2.42. The van der Waals surface area contributed by atoms with Crippen LogP contribution in [0.3, 0.4) is 0 Å². The summed E-state index contributed by atoms with van der Waals surface area (Å²) >= 11 is 0. The lowest BCUT2D eigenvalue weighted by atomic mass is 10.4. The number of esters is 1. The van der Waals surface area contributed by atoms with Crippen molar-refractivity contribution in [3.63, 3.8) is 0 Å². The summed E-state index contributed by atoms with van der Waals surface area (Å²) in [6.07, 6.45) is 2.77. The Hall–Kier alpha value is -0.653. The Labute approximate surface area is 124 Å². The van der Waals surface area contributed by atoms with Crippen LogP contribution in [-0.2, 0) is 18.4 Å². The first-order valence-corrected chi connectivity index (χ1v) is 9.85. The average molecular weight is 302 g/mol. The zero-order valence-corrected chi connectivity index (χ0v) is 14.5. The Morgan fingerprint density at radius 1 is 1.05 bits per heavy atom. The summed E-state index contributed by atoms with van der Waals surface area (Å²) in [5.41, 5.74) is 0.438. The van der Waals surface area contributed by atoms with Crippen LogP contribution in [0.5, 0.6) is 0 Å². The van der Waals surface area contributed by atoms with Gasteiger partial charge in [0.2, 0.25) is 0 Å². The fourth-order valence-corrected chi connectivity index (χ4v) is 4.74. The molecule has 118 valence electrons. The zero-order valence-electron chi connectivity index (χ0n) is 13.5. The maximum absolute atomic E-state index is 11.3. The molecule has 0 heterocycles. The molecule has 0 aliphatic rings. The molecule has 4 nitrogen and oxygen atoms in total. The van der Waals surface area contributed by atoms with Gasteiger partial charge < -0.3 is 13.6 Å². The minimum Gasteiger partial charge on any atom is -0.462 e. The molecular formula is C15H30O4Si. The molecule has 0 aliphatic heterocycles. The van der Waals surface area contributed by atoms with Gasteiger partial charge in [0.1, 0.15) is 0 Å². The molecule has 0 aromatic carbocycles. The molecule has 0 unspecified atom stereocenters. The van der Waals surface area contributed by atoms with E-state index in [4.69, 9.17) is 13.6 Å². The summed E-state index contributed by atoms with van der Waals surface area (Å²) in [5, 5.41) is 0. The SMILES string of the molecule is C=C(C)C(=O)OCCC[Si](CC)(OCCC)OCCC. The number of carbonyl (C=O) groups excluding carboxylic acids is 1. The van der Waals surface area contributed by atoms with Crippen LogP contribution in [0.25, 0.3) is 0 Å². The Balaban J connectivity index is 4.25.